The minimum absolute atomic E-state index is 0.262. The van der Waals surface area contributed by atoms with Crippen molar-refractivity contribution in [3.05, 3.63) is 5.69 Å². The number of anilines is 1. The molecular formula is C10H18N2O2. The molecule has 0 saturated heterocycles. The lowest BCUT2D eigenvalue weighted by molar-refractivity contribution is 0.268. The van der Waals surface area contributed by atoms with Crippen molar-refractivity contribution >= 4 is 5.88 Å². The number of nitrogens with two attached hydrogens (primary N) is 1. The summed E-state index contributed by atoms with van der Waals surface area (Å²) in [5, 5.41) is 3.87. The second kappa shape index (κ2) is 4.35. The number of nitrogen functional groups attached to an aromatic ring is 1. The maximum absolute atomic E-state index is 5.61. The molecule has 1 aromatic heterocycles. The topological polar surface area (TPSA) is 61.3 Å². The number of ether oxygens (including phenoxy) is 1. The third-order valence-corrected chi connectivity index (χ3v) is 1.81. The number of nitrogens with zero attached hydrogens (tertiary/aromatic N) is 1. The number of rotatable bonds is 4. The van der Waals surface area contributed by atoms with Crippen molar-refractivity contribution in [1.82, 2.24) is 5.16 Å². The minimum Gasteiger partial charge on any atom is -0.486 e. The van der Waals surface area contributed by atoms with E-state index in [4.69, 9.17) is 15.0 Å². The first-order valence-corrected chi connectivity index (χ1v) is 4.90. The molecular weight excluding hydrogens is 180 g/mol. The lowest BCUT2D eigenvalue weighted by Crippen LogP contribution is -2.07. The maximum Gasteiger partial charge on any atom is 0.264 e. The Balaban J connectivity index is 2.77. The highest BCUT2D eigenvalue weighted by Gasteiger charge is 2.18. The average molecular weight is 198 g/mol. The second-order valence-corrected chi connectivity index (χ2v) is 4.12. The zero-order valence-corrected chi connectivity index (χ0v) is 9.20. The van der Waals surface area contributed by atoms with Crippen LogP contribution >= 0.6 is 0 Å². The van der Waals surface area contributed by atoms with E-state index in [1.165, 1.54) is 0 Å². The molecule has 1 rings (SSSR count). The molecule has 1 heterocycles. The Labute approximate surface area is 84.4 Å². The average Bonchev–Trinajstić information content (AvgIpc) is 2.43. The summed E-state index contributed by atoms with van der Waals surface area (Å²) < 4.78 is 10.4. The van der Waals surface area contributed by atoms with Gasteiger partial charge in [0.2, 0.25) is 5.75 Å². The van der Waals surface area contributed by atoms with Crippen LogP contribution in [-0.2, 0) is 0 Å². The summed E-state index contributed by atoms with van der Waals surface area (Å²) in [4.78, 5) is 0. The minimum atomic E-state index is 0.262. The molecule has 0 spiro atoms. The summed E-state index contributed by atoms with van der Waals surface area (Å²) in [5.74, 6) is 1.60. The van der Waals surface area contributed by atoms with Crippen molar-refractivity contribution in [3.8, 4) is 5.75 Å². The molecule has 2 N–H and O–H groups in total. The predicted molar refractivity (Wildman–Crippen MR) is 55.3 cm³/mol. The Morgan fingerprint density at radius 1 is 1.36 bits per heavy atom. The van der Waals surface area contributed by atoms with Gasteiger partial charge >= 0.3 is 0 Å². The molecule has 0 atom stereocenters. The summed E-state index contributed by atoms with van der Waals surface area (Å²) in [5.41, 5.74) is 6.41. The van der Waals surface area contributed by atoms with E-state index in [1.807, 2.05) is 13.8 Å². The van der Waals surface area contributed by atoms with Crippen LogP contribution in [0.5, 0.6) is 5.75 Å². The molecule has 4 nitrogen and oxygen atoms in total. The quantitative estimate of drug-likeness (QED) is 0.807. The van der Waals surface area contributed by atoms with Gasteiger partial charge in [-0.1, -0.05) is 32.9 Å². The number of hydrogen-bond donors (Lipinski definition) is 1. The van der Waals surface area contributed by atoms with Crippen molar-refractivity contribution in [2.75, 3.05) is 12.3 Å². The van der Waals surface area contributed by atoms with E-state index in [0.717, 1.165) is 5.69 Å². The van der Waals surface area contributed by atoms with E-state index in [2.05, 4.69) is 19.0 Å². The van der Waals surface area contributed by atoms with Gasteiger partial charge in [-0.2, -0.15) is 0 Å². The first kappa shape index (κ1) is 10.9. The van der Waals surface area contributed by atoms with Gasteiger partial charge in [-0.25, -0.2) is 0 Å². The van der Waals surface area contributed by atoms with Gasteiger partial charge in [-0.15, -0.1) is 0 Å². The van der Waals surface area contributed by atoms with Crippen LogP contribution in [0.4, 0.5) is 5.88 Å². The van der Waals surface area contributed by atoms with Gasteiger partial charge in [0.05, 0.1) is 6.61 Å². The van der Waals surface area contributed by atoms with Crippen molar-refractivity contribution in [2.45, 2.75) is 33.6 Å². The fraction of sp³-hybridized carbons (Fsp3) is 0.700. The molecule has 1 aromatic rings. The molecule has 0 amide bonds. The highest BCUT2D eigenvalue weighted by molar-refractivity contribution is 5.47. The molecule has 80 valence electrons. The van der Waals surface area contributed by atoms with E-state index in [-0.39, 0.29) is 11.8 Å². The highest BCUT2D eigenvalue weighted by Crippen LogP contribution is 2.31. The zero-order chi connectivity index (χ0) is 10.7. The van der Waals surface area contributed by atoms with Crippen LogP contribution in [0.3, 0.4) is 0 Å². The van der Waals surface area contributed by atoms with Crippen LogP contribution in [0.25, 0.3) is 0 Å². The van der Waals surface area contributed by atoms with E-state index in [9.17, 15) is 0 Å². The lowest BCUT2D eigenvalue weighted by atomic mass is 10.1. The van der Waals surface area contributed by atoms with Crippen molar-refractivity contribution in [3.63, 3.8) is 0 Å². The van der Waals surface area contributed by atoms with Gasteiger partial charge in [0.1, 0.15) is 5.69 Å². The summed E-state index contributed by atoms with van der Waals surface area (Å²) in [7, 11) is 0. The molecule has 0 unspecified atom stereocenters. The Hall–Kier alpha value is -1.19. The highest BCUT2D eigenvalue weighted by atomic mass is 16.5. The number of hydrogen-bond acceptors (Lipinski definition) is 4. The van der Waals surface area contributed by atoms with Gasteiger partial charge in [-0.05, 0) is 5.92 Å². The van der Waals surface area contributed by atoms with Crippen molar-refractivity contribution < 1.29 is 9.26 Å². The Morgan fingerprint density at radius 3 is 2.50 bits per heavy atom. The summed E-state index contributed by atoms with van der Waals surface area (Å²) in [6.45, 7) is 8.85. The SMILES string of the molecule is CC(C)COc1c(C(C)C)noc1N. The lowest BCUT2D eigenvalue weighted by Gasteiger charge is -2.09. The van der Waals surface area contributed by atoms with E-state index < -0.39 is 0 Å². The summed E-state index contributed by atoms with van der Waals surface area (Å²) in [6, 6.07) is 0. The van der Waals surface area contributed by atoms with Crippen LogP contribution in [0.15, 0.2) is 4.52 Å². The molecule has 0 aliphatic rings. The molecule has 0 fully saturated rings. The largest absolute Gasteiger partial charge is 0.486 e. The Bertz CT molecular complexity index is 292. The molecule has 4 heteroatoms. The fourth-order valence-corrected chi connectivity index (χ4v) is 1.07. The van der Waals surface area contributed by atoms with Gasteiger partial charge in [0, 0.05) is 5.92 Å². The van der Waals surface area contributed by atoms with Crippen LogP contribution in [0.1, 0.15) is 39.3 Å². The fourth-order valence-electron chi connectivity index (χ4n) is 1.07. The van der Waals surface area contributed by atoms with E-state index in [0.29, 0.717) is 18.3 Å². The molecule has 0 aliphatic heterocycles. The standard InChI is InChI=1S/C10H18N2O2/c1-6(2)5-13-9-8(7(3)4)12-14-10(9)11/h6-7H,5,11H2,1-4H3. The maximum atomic E-state index is 5.61. The number of aromatic nitrogens is 1. The zero-order valence-electron chi connectivity index (χ0n) is 9.20. The smallest absolute Gasteiger partial charge is 0.264 e. The van der Waals surface area contributed by atoms with Crippen LogP contribution in [0, 0.1) is 5.92 Å². The van der Waals surface area contributed by atoms with Gasteiger partial charge in [0.25, 0.3) is 5.88 Å². The van der Waals surface area contributed by atoms with Gasteiger partial charge in [0.15, 0.2) is 0 Å². The molecule has 0 bridgehead atoms. The third-order valence-electron chi connectivity index (χ3n) is 1.81. The second-order valence-electron chi connectivity index (χ2n) is 4.12. The first-order valence-electron chi connectivity index (χ1n) is 4.90. The van der Waals surface area contributed by atoms with Gasteiger partial charge in [-0.3, -0.25) is 0 Å². The summed E-state index contributed by atoms with van der Waals surface area (Å²) in [6.07, 6.45) is 0. The molecule has 0 aromatic carbocycles. The predicted octanol–water partition coefficient (Wildman–Crippen LogP) is 2.42. The Kier molecular flexibility index (Phi) is 3.38. The van der Waals surface area contributed by atoms with Crippen molar-refractivity contribution in [1.29, 1.82) is 0 Å². The van der Waals surface area contributed by atoms with Crippen LogP contribution in [-0.4, -0.2) is 11.8 Å². The van der Waals surface area contributed by atoms with Crippen LogP contribution in [0.2, 0.25) is 0 Å². The molecule has 14 heavy (non-hydrogen) atoms. The third kappa shape index (κ3) is 2.40. The normalized spacial score (nSPS) is 11.3. The monoisotopic (exact) mass is 198 g/mol. The molecule has 0 radical (unpaired) electrons. The molecule has 0 saturated carbocycles. The summed E-state index contributed by atoms with van der Waals surface area (Å²) >= 11 is 0. The van der Waals surface area contributed by atoms with E-state index in [1.54, 1.807) is 0 Å². The Morgan fingerprint density at radius 2 is 2.00 bits per heavy atom. The first-order chi connectivity index (χ1) is 6.52. The van der Waals surface area contributed by atoms with Crippen LogP contribution < -0.4 is 10.5 Å². The van der Waals surface area contributed by atoms with Crippen molar-refractivity contribution in [2.24, 2.45) is 5.92 Å². The molecule has 0 aliphatic carbocycles. The van der Waals surface area contributed by atoms with E-state index >= 15 is 0 Å². The van der Waals surface area contributed by atoms with Gasteiger partial charge < -0.3 is 15.0 Å².